The molecule has 0 saturated carbocycles. The van der Waals surface area contributed by atoms with Crippen LogP contribution in [0.5, 0.6) is 0 Å². The van der Waals surface area contributed by atoms with Crippen molar-refractivity contribution in [3.63, 3.8) is 0 Å². The van der Waals surface area contributed by atoms with Crippen molar-refractivity contribution in [1.29, 1.82) is 0 Å². The molecule has 16 heavy (non-hydrogen) atoms. The first-order valence-corrected chi connectivity index (χ1v) is 7.36. The third-order valence-corrected chi connectivity index (χ3v) is 5.02. The molecule has 2 heterocycles. The third kappa shape index (κ3) is 2.98. The minimum absolute atomic E-state index is 1.02. The average Bonchev–Trinajstić information content (AvgIpc) is 2.30. The maximum Gasteiger partial charge on any atom is 0.236 e. The van der Waals surface area contributed by atoms with Crippen LogP contribution in [0.1, 0.15) is 0 Å². The van der Waals surface area contributed by atoms with Crippen molar-refractivity contribution in [1.82, 2.24) is 0 Å². The first-order chi connectivity index (χ1) is 7.77. The fraction of sp³-hybridized carbons (Fsp3) is 0. The van der Waals surface area contributed by atoms with Gasteiger partial charge in [-0.3, -0.25) is 7.94 Å². The number of aromatic nitrogens is 2. The lowest BCUT2D eigenvalue weighted by Gasteiger charge is -2.05. The van der Waals surface area contributed by atoms with Crippen LogP contribution in [-0.2, 0) is 25.6 Å². The lowest BCUT2D eigenvalue weighted by atomic mass is 10.5. The molecule has 0 N–H and O–H groups in total. The van der Waals surface area contributed by atoms with Gasteiger partial charge in [0.1, 0.15) is 0 Å². The molecule has 2 nitrogen and oxygen atoms in total. The number of nitrogens with zero attached hydrogens (tertiary/aromatic N) is 2. The summed E-state index contributed by atoms with van der Waals surface area (Å²) in [6, 6.07) is 11.7. The molecule has 0 aliphatic carbocycles. The van der Waals surface area contributed by atoms with Crippen LogP contribution in [0.3, 0.4) is 0 Å². The van der Waals surface area contributed by atoms with Crippen LogP contribution >= 0.6 is 21.6 Å². The molecule has 0 unspecified atom stereocenters. The monoisotopic (exact) mass is 284 g/mol. The number of hydrogen-bond acceptors (Lipinski definition) is 4. The highest BCUT2D eigenvalue weighted by atomic mass is 33.1. The van der Waals surface area contributed by atoms with Gasteiger partial charge in [0.25, 0.3) is 0 Å². The highest BCUT2D eigenvalue weighted by molar-refractivity contribution is 8.76. The Morgan fingerprint density at radius 2 is 1.19 bits per heavy atom. The maximum atomic E-state index is 5.15. The predicted octanol–water partition coefficient (Wildman–Crippen LogP) is 1.68. The SMILES string of the molecule is [S-][n+]1ccccc1SSc1cccc[n+]1[S-]. The second-order valence-electron chi connectivity index (χ2n) is 2.90. The standard InChI is InChI=1S/C10H8N2S4/c13-11-7-3-1-5-9(11)15-16-10-6-2-4-8-12(10)14/h1-8H. The quantitative estimate of drug-likeness (QED) is 0.481. The van der Waals surface area contributed by atoms with Gasteiger partial charge in [0.15, 0.2) is 12.4 Å². The molecule has 0 aliphatic heterocycles. The molecule has 0 fully saturated rings. The highest BCUT2D eigenvalue weighted by Gasteiger charge is 2.08. The van der Waals surface area contributed by atoms with Gasteiger partial charge in [0.2, 0.25) is 10.1 Å². The van der Waals surface area contributed by atoms with Gasteiger partial charge in [-0.15, -0.1) is 0 Å². The summed E-state index contributed by atoms with van der Waals surface area (Å²) in [5.74, 6) is 0. The van der Waals surface area contributed by atoms with Crippen molar-refractivity contribution in [3.8, 4) is 0 Å². The van der Waals surface area contributed by atoms with E-state index < -0.39 is 0 Å². The highest BCUT2D eigenvalue weighted by Crippen LogP contribution is 2.33. The van der Waals surface area contributed by atoms with Gasteiger partial charge in [0.05, 0.1) is 0 Å². The molecule has 2 aromatic heterocycles. The summed E-state index contributed by atoms with van der Waals surface area (Å²) in [6.07, 6.45) is 3.70. The van der Waals surface area contributed by atoms with Gasteiger partial charge in [0, 0.05) is 45.9 Å². The van der Waals surface area contributed by atoms with E-state index in [1.54, 1.807) is 29.5 Å². The summed E-state index contributed by atoms with van der Waals surface area (Å²) in [6.45, 7) is 0. The van der Waals surface area contributed by atoms with Gasteiger partial charge in [-0.25, -0.2) is 0 Å². The molecule has 0 atom stereocenters. The largest absolute Gasteiger partial charge is 0.426 e. The molecule has 0 bridgehead atoms. The first kappa shape index (κ1) is 11.9. The lowest BCUT2D eigenvalue weighted by Crippen LogP contribution is -2.29. The Balaban J connectivity index is 2.09. The van der Waals surface area contributed by atoms with Crippen molar-refractivity contribution in [3.05, 3.63) is 48.8 Å². The van der Waals surface area contributed by atoms with Crippen molar-refractivity contribution >= 4 is 47.2 Å². The number of hydrogen-bond donors (Lipinski definition) is 0. The van der Waals surface area contributed by atoms with E-state index in [0.717, 1.165) is 10.1 Å². The Morgan fingerprint density at radius 1 is 0.750 bits per heavy atom. The van der Waals surface area contributed by atoms with E-state index in [-0.39, 0.29) is 0 Å². The second kappa shape index (κ2) is 5.67. The van der Waals surface area contributed by atoms with E-state index in [0.29, 0.717) is 0 Å². The Morgan fingerprint density at radius 3 is 1.56 bits per heavy atom. The summed E-state index contributed by atoms with van der Waals surface area (Å²) in [5.41, 5.74) is 0. The van der Waals surface area contributed by atoms with Crippen LogP contribution in [0.25, 0.3) is 0 Å². The van der Waals surface area contributed by atoms with E-state index in [1.807, 2.05) is 48.8 Å². The molecule has 0 amide bonds. The van der Waals surface area contributed by atoms with Gasteiger partial charge in [-0.1, -0.05) is 0 Å². The molecule has 6 heteroatoms. The zero-order valence-corrected chi connectivity index (χ0v) is 11.4. The van der Waals surface area contributed by atoms with Gasteiger partial charge in [-0.2, -0.15) is 0 Å². The first-order valence-electron chi connectivity index (χ1n) is 4.48. The zero-order chi connectivity index (χ0) is 11.4. The molecule has 82 valence electrons. The van der Waals surface area contributed by atoms with E-state index >= 15 is 0 Å². The summed E-state index contributed by atoms with van der Waals surface area (Å²) >= 11 is 10.3. The third-order valence-electron chi connectivity index (χ3n) is 1.79. The molecule has 0 saturated heterocycles. The van der Waals surface area contributed by atoms with Gasteiger partial charge in [-0.05, 0) is 12.1 Å². The Labute approximate surface area is 114 Å². The number of pyridine rings is 2. The fourth-order valence-corrected chi connectivity index (χ4v) is 3.84. The average molecular weight is 284 g/mol. The summed E-state index contributed by atoms with van der Waals surface area (Å²) in [4.78, 5) is 0. The van der Waals surface area contributed by atoms with E-state index in [1.165, 1.54) is 0 Å². The molecule has 0 radical (unpaired) electrons. The zero-order valence-electron chi connectivity index (χ0n) is 8.15. The van der Waals surface area contributed by atoms with Crippen LogP contribution < -0.4 is 7.94 Å². The Hall–Kier alpha value is -0.560. The predicted molar refractivity (Wildman–Crippen MR) is 70.5 cm³/mol. The van der Waals surface area contributed by atoms with Crippen molar-refractivity contribution in [2.24, 2.45) is 0 Å². The van der Waals surface area contributed by atoms with E-state index in [4.69, 9.17) is 25.6 Å². The molecule has 0 aliphatic rings. The van der Waals surface area contributed by atoms with Crippen LogP contribution in [0.15, 0.2) is 58.8 Å². The number of rotatable bonds is 3. The van der Waals surface area contributed by atoms with E-state index in [2.05, 4.69) is 0 Å². The fourth-order valence-electron chi connectivity index (χ4n) is 1.04. The minimum Gasteiger partial charge on any atom is -0.426 e. The molecular weight excluding hydrogens is 276 g/mol. The van der Waals surface area contributed by atoms with Crippen LogP contribution in [0, 0.1) is 0 Å². The molecule has 0 spiro atoms. The Kier molecular flexibility index (Phi) is 4.22. The molecule has 0 aromatic carbocycles. The smallest absolute Gasteiger partial charge is 0.236 e. The van der Waals surface area contributed by atoms with Crippen LogP contribution in [-0.4, -0.2) is 0 Å². The summed E-state index contributed by atoms with van der Waals surface area (Å²) in [7, 11) is 3.20. The Bertz CT molecular complexity index is 444. The maximum absolute atomic E-state index is 5.15. The normalized spacial score (nSPS) is 10.2. The van der Waals surface area contributed by atoms with Crippen molar-refractivity contribution in [2.45, 2.75) is 10.1 Å². The second-order valence-corrected chi connectivity index (χ2v) is 5.85. The van der Waals surface area contributed by atoms with Crippen molar-refractivity contribution < 1.29 is 7.94 Å². The topological polar surface area (TPSA) is 7.76 Å². The minimum atomic E-state index is 1.02. The lowest BCUT2D eigenvalue weighted by molar-refractivity contribution is -0.538. The molecular formula is C10H8N2S4. The molecule has 2 aromatic rings. The van der Waals surface area contributed by atoms with Gasteiger partial charge < -0.3 is 25.6 Å². The van der Waals surface area contributed by atoms with Crippen LogP contribution in [0.4, 0.5) is 0 Å². The van der Waals surface area contributed by atoms with Crippen molar-refractivity contribution in [2.75, 3.05) is 0 Å². The van der Waals surface area contributed by atoms with E-state index in [9.17, 15) is 0 Å². The van der Waals surface area contributed by atoms with Gasteiger partial charge >= 0.3 is 0 Å². The summed E-state index contributed by atoms with van der Waals surface area (Å²) < 4.78 is 3.35. The summed E-state index contributed by atoms with van der Waals surface area (Å²) in [5, 5.41) is 2.03. The van der Waals surface area contributed by atoms with Crippen LogP contribution in [0.2, 0.25) is 0 Å². The molecule has 2 rings (SSSR count).